The number of carboxylic acid groups (broad SMARTS) is 1. The number of carbonyl (C=O) groups is 2. The van der Waals surface area contributed by atoms with Crippen molar-refractivity contribution < 1.29 is 14.7 Å². The topological polar surface area (TPSA) is 66.4 Å². The van der Waals surface area contributed by atoms with Crippen LogP contribution in [-0.2, 0) is 11.2 Å². The van der Waals surface area contributed by atoms with E-state index in [-0.39, 0.29) is 11.5 Å². The lowest BCUT2D eigenvalue weighted by Crippen LogP contribution is -2.44. The molecule has 2 aliphatic carbocycles. The van der Waals surface area contributed by atoms with E-state index in [9.17, 15) is 9.59 Å². The summed E-state index contributed by atoms with van der Waals surface area (Å²) in [4.78, 5) is 22.8. The summed E-state index contributed by atoms with van der Waals surface area (Å²) in [5.74, 6) is -0.0752. The van der Waals surface area contributed by atoms with Crippen molar-refractivity contribution in [1.82, 2.24) is 5.32 Å². The first-order valence-corrected chi connectivity index (χ1v) is 7.68. The fourth-order valence-electron chi connectivity index (χ4n) is 3.34. The monoisotopic (exact) mass is 287 g/mol. The number of hydrogen-bond acceptors (Lipinski definition) is 2. The smallest absolute Gasteiger partial charge is 0.335 e. The number of nitrogens with one attached hydrogen (secondary N) is 1. The molecule has 4 nitrogen and oxygen atoms in total. The fraction of sp³-hybridized carbons (Fsp3) is 0.529. The highest BCUT2D eigenvalue weighted by molar-refractivity contribution is 5.87. The Morgan fingerprint density at radius 1 is 1.19 bits per heavy atom. The molecule has 1 amide bonds. The summed E-state index contributed by atoms with van der Waals surface area (Å²) in [6.07, 6.45) is 6.78. The first kappa shape index (κ1) is 14.1. The largest absolute Gasteiger partial charge is 0.478 e. The van der Waals surface area contributed by atoms with Crippen LogP contribution in [0.15, 0.2) is 24.3 Å². The SMILES string of the molecule is O=C(Cc1ccc(C(=O)O)cc1)NCC1(C2CC2)CCC1. The van der Waals surface area contributed by atoms with Gasteiger partial charge in [-0.25, -0.2) is 4.79 Å². The normalized spacial score (nSPS) is 19.6. The molecule has 0 atom stereocenters. The van der Waals surface area contributed by atoms with Crippen LogP contribution < -0.4 is 5.32 Å². The molecule has 0 radical (unpaired) electrons. The molecule has 21 heavy (non-hydrogen) atoms. The minimum atomic E-state index is -0.942. The standard InChI is InChI=1S/C17H21NO3/c19-15(10-12-2-4-13(5-3-12)16(20)21)18-11-17(8-1-9-17)14-6-7-14/h2-5,14H,1,6-11H2,(H,18,19)(H,20,21). The molecule has 3 rings (SSSR count). The first-order chi connectivity index (χ1) is 10.1. The summed E-state index contributed by atoms with van der Waals surface area (Å²) in [5, 5.41) is 11.9. The van der Waals surface area contributed by atoms with Crippen molar-refractivity contribution in [3.63, 3.8) is 0 Å². The molecule has 2 aliphatic rings. The number of hydrogen-bond donors (Lipinski definition) is 2. The van der Waals surface area contributed by atoms with Crippen LogP contribution >= 0.6 is 0 Å². The Morgan fingerprint density at radius 3 is 2.33 bits per heavy atom. The van der Waals surface area contributed by atoms with E-state index in [2.05, 4.69) is 5.32 Å². The predicted molar refractivity (Wildman–Crippen MR) is 79.1 cm³/mol. The third kappa shape index (κ3) is 3.09. The molecule has 0 spiro atoms. The zero-order valence-corrected chi connectivity index (χ0v) is 12.1. The maximum absolute atomic E-state index is 12.0. The molecule has 112 valence electrons. The minimum Gasteiger partial charge on any atom is -0.478 e. The van der Waals surface area contributed by atoms with Gasteiger partial charge >= 0.3 is 5.97 Å². The Balaban J connectivity index is 1.50. The van der Waals surface area contributed by atoms with Crippen LogP contribution in [0, 0.1) is 11.3 Å². The van der Waals surface area contributed by atoms with E-state index in [1.165, 1.54) is 32.1 Å². The number of aromatic carboxylic acids is 1. The molecule has 1 aromatic rings. The Labute approximate surface area is 124 Å². The van der Waals surface area contributed by atoms with E-state index in [0.29, 0.717) is 11.8 Å². The van der Waals surface area contributed by atoms with Gasteiger partial charge in [-0.2, -0.15) is 0 Å². The average molecular weight is 287 g/mol. The van der Waals surface area contributed by atoms with Gasteiger partial charge in [0.1, 0.15) is 0 Å². The van der Waals surface area contributed by atoms with Gasteiger partial charge in [0.05, 0.1) is 12.0 Å². The van der Waals surface area contributed by atoms with Crippen molar-refractivity contribution in [2.24, 2.45) is 11.3 Å². The second-order valence-corrected chi connectivity index (χ2v) is 6.45. The summed E-state index contributed by atoms with van der Waals surface area (Å²) in [6.45, 7) is 0.809. The molecule has 4 heteroatoms. The van der Waals surface area contributed by atoms with Gasteiger partial charge in [-0.15, -0.1) is 0 Å². The fourth-order valence-corrected chi connectivity index (χ4v) is 3.34. The molecule has 2 fully saturated rings. The molecule has 0 saturated heterocycles. The van der Waals surface area contributed by atoms with Gasteiger partial charge in [-0.1, -0.05) is 18.6 Å². The van der Waals surface area contributed by atoms with Gasteiger partial charge in [0.15, 0.2) is 0 Å². The molecule has 0 aromatic heterocycles. The molecular weight excluding hydrogens is 266 g/mol. The van der Waals surface area contributed by atoms with Crippen molar-refractivity contribution >= 4 is 11.9 Å². The maximum Gasteiger partial charge on any atom is 0.335 e. The second-order valence-electron chi connectivity index (χ2n) is 6.45. The summed E-state index contributed by atoms with van der Waals surface area (Å²) in [7, 11) is 0. The number of rotatable bonds is 6. The van der Waals surface area contributed by atoms with Gasteiger partial charge in [0.2, 0.25) is 5.91 Å². The lowest BCUT2D eigenvalue weighted by Gasteiger charge is -2.42. The van der Waals surface area contributed by atoms with Crippen LogP contribution in [0.25, 0.3) is 0 Å². The van der Waals surface area contributed by atoms with Crippen LogP contribution in [0.4, 0.5) is 0 Å². The molecule has 2 N–H and O–H groups in total. The predicted octanol–water partition coefficient (Wildman–Crippen LogP) is 2.62. The quantitative estimate of drug-likeness (QED) is 0.845. The number of benzene rings is 1. The van der Waals surface area contributed by atoms with Gasteiger partial charge in [0, 0.05) is 6.54 Å². The summed E-state index contributed by atoms with van der Waals surface area (Å²) in [5.41, 5.74) is 1.50. The van der Waals surface area contributed by atoms with Crippen molar-refractivity contribution in [2.45, 2.75) is 38.5 Å². The highest BCUT2D eigenvalue weighted by atomic mass is 16.4. The molecule has 0 heterocycles. The van der Waals surface area contributed by atoms with Gasteiger partial charge in [-0.3, -0.25) is 4.79 Å². The lowest BCUT2D eigenvalue weighted by atomic mass is 9.65. The molecular formula is C17H21NO3. The minimum absolute atomic E-state index is 0.0324. The lowest BCUT2D eigenvalue weighted by molar-refractivity contribution is -0.121. The van der Waals surface area contributed by atoms with Crippen molar-refractivity contribution in [3.8, 4) is 0 Å². The van der Waals surface area contributed by atoms with Crippen LogP contribution in [0.2, 0.25) is 0 Å². The van der Waals surface area contributed by atoms with E-state index in [1.54, 1.807) is 24.3 Å². The van der Waals surface area contributed by atoms with Crippen LogP contribution in [0.1, 0.15) is 48.0 Å². The molecule has 0 bridgehead atoms. The highest BCUT2D eigenvalue weighted by Crippen LogP contribution is 2.56. The molecule has 1 aromatic carbocycles. The second kappa shape index (κ2) is 5.51. The van der Waals surface area contributed by atoms with Crippen molar-refractivity contribution in [2.75, 3.05) is 6.54 Å². The van der Waals surface area contributed by atoms with Crippen LogP contribution in [0.3, 0.4) is 0 Å². The van der Waals surface area contributed by atoms with E-state index in [4.69, 9.17) is 5.11 Å². The Morgan fingerprint density at radius 2 is 1.86 bits per heavy atom. The summed E-state index contributed by atoms with van der Waals surface area (Å²) >= 11 is 0. The third-order valence-corrected chi connectivity index (χ3v) is 5.00. The number of carbonyl (C=O) groups excluding carboxylic acids is 1. The van der Waals surface area contributed by atoms with Crippen molar-refractivity contribution in [1.29, 1.82) is 0 Å². The van der Waals surface area contributed by atoms with Gasteiger partial charge in [-0.05, 0) is 54.7 Å². The maximum atomic E-state index is 12.0. The molecule has 0 aliphatic heterocycles. The number of amides is 1. The van der Waals surface area contributed by atoms with E-state index in [1.807, 2.05) is 0 Å². The third-order valence-electron chi connectivity index (χ3n) is 5.00. The van der Waals surface area contributed by atoms with E-state index < -0.39 is 5.97 Å². The van der Waals surface area contributed by atoms with E-state index >= 15 is 0 Å². The molecule has 2 saturated carbocycles. The summed E-state index contributed by atoms with van der Waals surface area (Å²) in [6, 6.07) is 6.51. The van der Waals surface area contributed by atoms with Crippen LogP contribution in [0.5, 0.6) is 0 Å². The Kier molecular flexibility index (Phi) is 3.70. The zero-order valence-electron chi connectivity index (χ0n) is 12.1. The Hall–Kier alpha value is -1.84. The first-order valence-electron chi connectivity index (χ1n) is 7.68. The van der Waals surface area contributed by atoms with E-state index in [0.717, 1.165) is 18.0 Å². The molecule has 0 unspecified atom stereocenters. The van der Waals surface area contributed by atoms with Crippen molar-refractivity contribution in [3.05, 3.63) is 35.4 Å². The summed E-state index contributed by atoms with van der Waals surface area (Å²) < 4.78 is 0. The number of carboxylic acids is 1. The van der Waals surface area contributed by atoms with Gasteiger partial charge < -0.3 is 10.4 Å². The van der Waals surface area contributed by atoms with Gasteiger partial charge in [0.25, 0.3) is 0 Å². The average Bonchev–Trinajstić information content (AvgIpc) is 3.23. The van der Waals surface area contributed by atoms with Crippen LogP contribution in [-0.4, -0.2) is 23.5 Å². The Bertz CT molecular complexity index is 542. The zero-order chi connectivity index (χ0) is 14.9. The highest BCUT2D eigenvalue weighted by Gasteiger charge is 2.48.